The Morgan fingerprint density at radius 1 is 1.38 bits per heavy atom. The second kappa shape index (κ2) is 2.67. The summed E-state index contributed by atoms with van der Waals surface area (Å²) in [4.78, 5) is 11.0. The van der Waals surface area contributed by atoms with Crippen molar-refractivity contribution in [2.45, 2.75) is 12.8 Å². The van der Waals surface area contributed by atoms with Crippen molar-refractivity contribution in [1.29, 1.82) is 5.26 Å². The molecule has 64 valence electrons. The summed E-state index contributed by atoms with van der Waals surface area (Å²) in [5, 5.41) is 8.68. The number of benzene rings is 1. The van der Waals surface area contributed by atoms with Crippen LogP contribution in [-0.4, -0.2) is 5.78 Å². The van der Waals surface area contributed by atoms with Gasteiger partial charge in [-0.15, -0.1) is 0 Å². The van der Waals surface area contributed by atoms with Gasteiger partial charge >= 0.3 is 0 Å². The summed E-state index contributed by atoms with van der Waals surface area (Å²) in [6.45, 7) is 0. The standard InChI is InChI=1S/C10H6FNO/c11-8-1-6-3-9(13)4-10(6)7(2-8)5-12/h1-2H,3-4H2. The molecule has 0 spiro atoms. The van der Waals surface area contributed by atoms with E-state index in [1.807, 2.05) is 6.07 Å². The highest BCUT2D eigenvalue weighted by molar-refractivity contribution is 5.88. The number of hydrogen-bond acceptors (Lipinski definition) is 2. The molecule has 0 heterocycles. The van der Waals surface area contributed by atoms with Crippen LogP contribution < -0.4 is 0 Å². The van der Waals surface area contributed by atoms with Crippen LogP contribution >= 0.6 is 0 Å². The number of hydrogen-bond donors (Lipinski definition) is 0. The van der Waals surface area contributed by atoms with Crippen molar-refractivity contribution in [3.63, 3.8) is 0 Å². The van der Waals surface area contributed by atoms with Gasteiger partial charge in [0.25, 0.3) is 0 Å². The largest absolute Gasteiger partial charge is 0.299 e. The van der Waals surface area contributed by atoms with E-state index >= 15 is 0 Å². The number of ketones is 1. The predicted molar refractivity (Wildman–Crippen MR) is 43.5 cm³/mol. The molecule has 2 rings (SSSR count). The number of carbonyl (C=O) groups excluding carboxylic acids is 1. The SMILES string of the molecule is N#Cc1cc(F)cc2c1CC(=O)C2. The van der Waals surface area contributed by atoms with Gasteiger partial charge < -0.3 is 0 Å². The number of nitrogens with zero attached hydrogens (tertiary/aromatic N) is 1. The maximum absolute atomic E-state index is 12.9. The Kier molecular flexibility index (Phi) is 1.63. The Hall–Kier alpha value is -1.69. The van der Waals surface area contributed by atoms with E-state index in [4.69, 9.17) is 5.26 Å². The average molecular weight is 175 g/mol. The predicted octanol–water partition coefficient (Wildman–Crippen LogP) is 1.37. The molecule has 0 N–H and O–H groups in total. The van der Waals surface area contributed by atoms with Crippen LogP contribution in [0.5, 0.6) is 0 Å². The van der Waals surface area contributed by atoms with Gasteiger partial charge in [-0.25, -0.2) is 4.39 Å². The van der Waals surface area contributed by atoms with Crippen LogP contribution in [0.25, 0.3) is 0 Å². The fourth-order valence-electron chi connectivity index (χ4n) is 1.63. The fraction of sp³-hybridized carbons (Fsp3) is 0.200. The summed E-state index contributed by atoms with van der Waals surface area (Å²) in [6.07, 6.45) is 0.542. The summed E-state index contributed by atoms with van der Waals surface area (Å²) in [5.74, 6) is -0.387. The van der Waals surface area contributed by atoms with Crippen LogP contribution in [0.15, 0.2) is 12.1 Å². The van der Waals surface area contributed by atoms with E-state index < -0.39 is 5.82 Å². The summed E-state index contributed by atoms with van der Waals surface area (Å²) >= 11 is 0. The lowest BCUT2D eigenvalue weighted by molar-refractivity contribution is -0.117. The molecule has 3 heteroatoms. The van der Waals surface area contributed by atoms with Crippen molar-refractivity contribution in [2.24, 2.45) is 0 Å². The maximum Gasteiger partial charge on any atom is 0.141 e. The first kappa shape index (κ1) is 7.93. The highest BCUT2D eigenvalue weighted by Crippen LogP contribution is 2.24. The van der Waals surface area contributed by atoms with Crippen LogP contribution in [0.4, 0.5) is 4.39 Å². The molecule has 0 saturated carbocycles. The van der Waals surface area contributed by atoms with Gasteiger partial charge in [-0.05, 0) is 23.3 Å². The van der Waals surface area contributed by atoms with E-state index in [-0.39, 0.29) is 18.6 Å². The molecule has 2 nitrogen and oxygen atoms in total. The number of nitriles is 1. The molecule has 0 bridgehead atoms. The lowest BCUT2D eigenvalue weighted by Crippen LogP contribution is -1.93. The zero-order valence-corrected chi connectivity index (χ0v) is 6.80. The topological polar surface area (TPSA) is 40.9 Å². The molecule has 0 radical (unpaired) electrons. The molecule has 0 atom stereocenters. The normalized spacial score (nSPS) is 14.0. The minimum atomic E-state index is -0.440. The average Bonchev–Trinajstić information content (AvgIpc) is 2.43. The highest BCUT2D eigenvalue weighted by Gasteiger charge is 2.22. The third-order valence-corrected chi connectivity index (χ3v) is 2.19. The molecule has 0 saturated heterocycles. The van der Waals surface area contributed by atoms with Crippen LogP contribution in [0.1, 0.15) is 16.7 Å². The molecule has 0 aromatic heterocycles. The second-order valence-corrected chi connectivity index (χ2v) is 3.10. The van der Waals surface area contributed by atoms with E-state index in [0.29, 0.717) is 16.7 Å². The Balaban J connectivity index is 2.64. The van der Waals surface area contributed by atoms with Gasteiger partial charge in [0.2, 0.25) is 0 Å². The van der Waals surface area contributed by atoms with Crippen LogP contribution in [0.3, 0.4) is 0 Å². The number of Topliss-reactive ketones (excluding diaryl/α,β-unsaturated/α-hetero) is 1. The van der Waals surface area contributed by atoms with E-state index in [0.717, 1.165) is 0 Å². The summed E-state index contributed by atoms with van der Waals surface area (Å²) in [6, 6.07) is 4.41. The zero-order chi connectivity index (χ0) is 9.42. The van der Waals surface area contributed by atoms with Gasteiger partial charge in [-0.1, -0.05) is 0 Å². The Morgan fingerprint density at radius 3 is 2.85 bits per heavy atom. The molecule has 0 aliphatic heterocycles. The van der Waals surface area contributed by atoms with Crippen LogP contribution in [0, 0.1) is 17.1 Å². The number of fused-ring (bicyclic) bond motifs is 1. The highest BCUT2D eigenvalue weighted by atomic mass is 19.1. The first-order valence-corrected chi connectivity index (χ1v) is 3.94. The van der Waals surface area contributed by atoms with Crippen molar-refractivity contribution < 1.29 is 9.18 Å². The van der Waals surface area contributed by atoms with Gasteiger partial charge in [0, 0.05) is 12.8 Å². The lowest BCUT2D eigenvalue weighted by atomic mass is 10.0. The van der Waals surface area contributed by atoms with Crippen molar-refractivity contribution >= 4 is 5.78 Å². The van der Waals surface area contributed by atoms with E-state index in [1.165, 1.54) is 12.1 Å². The van der Waals surface area contributed by atoms with Crippen LogP contribution in [-0.2, 0) is 17.6 Å². The summed E-state index contributed by atoms with van der Waals surface area (Å²) < 4.78 is 12.9. The Bertz CT molecular complexity index is 431. The van der Waals surface area contributed by atoms with E-state index in [2.05, 4.69) is 0 Å². The molecule has 0 amide bonds. The Morgan fingerprint density at radius 2 is 2.15 bits per heavy atom. The molecular formula is C10H6FNO. The van der Waals surface area contributed by atoms with Crippen LogP contribution in [0.2, 0.25) is 0 Å². The van der Waals surface area contributed by atoms with Gasteiger partial charge in [0.15, 0.2) is 0 Å². The monoisotopic (exact) mass is 175 g/mol. The molecule has 1 aliphatic rings. The number of rotatable bonds is 0. The van der Waals surface area contributed by atoms with Crippen molar-refractivity contribution in [1.82, 2.24) is 0 Å². The van der Waals surface area contributed by atoms with Crippen molar-refractivity contribution in [3.05, 3.63) is 34.6 Å². The molecule has 1 aromatic rings. The molecule has 1 aromatic carbocycles. The van der Waals surface area contributed by atoms with Crippen molar-refractivity contribution in [2.75, 3.05) is 0 Å². The molecule has 1 aliphatic carbocycles. The second-order valence-electron chi connectivity index (χ2n) is 3.10. The Labute approximate surface area is 74.6 Å². The van der Waals surface area contributed by atoms with Gasteiger partial charge in [-0.3, -0.25) is 4.79 Å². The summed E-state index contributed by atoms with van der Waals surface area (Å²) in [7, 11) is 0. The van der Waals surface area contributed by atoms with E-state index in [1.54, 1.807) is 0 Å². The van der Waals surface area contributed by atoms with Gasteiger partial charge in [0.1, 0.15) is 11.6 Å². The maximum atomic E-state index is 12.9. The van der Waals surface area contributed by atoms with E-state index in [9.17, 15) is 9.18 Å². The molecular weight excluding hydrogens is 169 g/mol. The third kappa shape index (κ3) is 1.20. The third-order valence-electron chi connectivity index (χ3n) is 2.19. The minimum absolute atomic E-state index is 0.0529. The fourth-order valence-corrected chi connectivity index (χ4v) is 1.63. The summed E-state index contributed by atoms with van der Waals surface area (Å²) in [5.41, 5.74) is 1.66. The molecule has 0 unspecified atom stereocenters. The lowest BCUT2D eigenvalue weighted by Gasteiger charge is -1.99. The molecule has 13 heavy (non-hydrogen) atoms. The zero-order valence-electron chi connectivity index (χ0n) is 6.80. The first-order chi connectivity index (χ1) is 6.20. The van der Waals surface area contributed by atoms with Crippen molar-refractivity contribution in [3.8, 4) is 6.07 Å². The smallest absolute Gasteiger partial charge is 0.141 e. The first-order valence-electron chi connectivity index (χ1n) is 3.94. The molecule has 0 fully saturated rings. The quantitative estimate of drug-likeness (QED) is 0.597. The van der Waals surface area contributed by atoms with Gasteiger partial charge in [-0.2, -0.15) is 5.26 Å². The number of carbonyl (C=O) groups is 1. The van der Waals surface area contributed by atoms with Gasteiger partial charge in [0.05, 0.1) is 11.6 Å². The number of halogens is 1. The minimum Gasteiger partial charge on any atom is -0.299 e.